The Morgan fingerprint density at radius 1 is 0.731 bits per heavy atom. The van der Waals surface area contributed by atoms with Gasteiger partial charge in [-0.25, -0.2) is 4.79 Å². The van der Waals surface area contributed by atoms with Gasteiger partial charge in [-0.3, -0.25) is 9.98 Å². The van der Waals surface area contributed by atoms with E-state index in [1.165, 1.54) is 48.1 Å². The molecule has 2 unspecified atom stereocenters. The molecule has 10 heteroatoms. The van der Waals surface area contributed by atoms with Gasteiger partial charge >= 0.3 is 5.97 Å². The van der Waals surface area contributed by atoms with Crippen molar-refractivity contribution in [1.29, 1.82) is 0 Å². The number of aliphatic imine (C=N–C) groups is 2. The molecule has 0 saturated heterocycles. The first-order chi connectivity index (χ1) is 23.6. The van der Waals surface area contributed by atoms with Crippen LogP contribution in [0.5, 0.6) is 11.5 Å². The molecule has 2 aromatic carbocycles. The van der Waals surface area contributed by atoms with Gasteiger partial charge in [0.1, 0.15) is 18.1 Å². The van der Waals surface area contributed by atoms with Crippen molar-refractivity contribution in [1.82, 2.24) is 0 Å². The molecule has 0 amide bonds. The van der Waals surface area contributed by atoms with E-state index in [4.69, 9.17) is 25.0 Å². The van der Waals surface area contributed by atoms with Crippen LogP contribution in [0.3, 0.4) is 0 Å². The van der Waals surface area contributed by atoms with Gasteiger partial charge in [0.25, 0.3) is 0 Å². The van der Waals surface area contributed by atoms with Crippen molar-refractivity contribution in [3.8, 4) is 11.5 Å². The number of aromatic hydroxyl groups is 2. The van der Waals surface area contributed by atoms with Gasteiger partial charge in [-0.2, -0.15) is 0 Å². The molecule has 3 rings (SSSR count). The van der Waals surface area contributed by atoms with Gasteiger partial charge in [-0.05, 0) is 34.8 Å². The smallest absolute Gasteiger partial charge is 0.329 e. The van der Waals surface area contributed by atoms with E-state index < -0.39 is 28.7 Å². The van der Waals surface area contributed by atoms with Crippen molar-refractivity contribution in [2.75, 3.05) is 6.61 Å². The minimum absolute atomic E-state index is 0. The number of hydrogen-bond donors (Lipinski definition) is 4. The number of unbranched alkanes of at least 4 members (excludes halogenated alkanes) is 2. The van der Waals surface area contributed by atoms with Crippen molar-refractivity contribution < 1.29 is 42.0 Å². The molecular formula is C42H70CoN2O5Si2. The molecule has 4 N–H and O–H groups in total. The summed E-state index contributed by atoms with van der Waals surface area (Å²) >= 11 is 0. The van der Waals surface area contributed by atoms with Gasteiger partial charge in [0, 0.05) is 40.3 Å². The van der Waals surface area contributed by atoms with Crippen LogP contribution in [0.1, 0.15) is 129 Å². The van der Waals surface area contributed by atoms with E-state index in [0.717, 1.165) is 47.9 Å². The molecule has 52 heavy (non-hydrogen) atoms. The number of hydrogen-bond acceptors (Lipinski definition) is 6. The second-order valence-corrected chi connectivity index (χ2v) is 27.6. The van der Waals surface area contributed by atoms with Crippen molar-refractivity contribution in [2.45, 2.75) is 168 Å². The molecule has 0 bridgehead atoms. The standard InChI is InChI=1S/C40H66N2O2Si2.C2H4O3.Co/c1-13-15-21-45(9,10)31-23-29(37(43)33(25-31)39(3,4)5)27-41-35-19-17-18-20-36(35)42-28-30-24-32(46(11,12)22-16-14-2)26-34(38(30)44)40(6,7)8;3-1-2(4)5;/h23-28,35-36,43-44H,13-22H2,1-12H3;3H,1H2,(H,4,5);. The number of benzene rings is 2. The number of carbonyl (C=O) groups is 1. The van der Waals surface area contributed by atoms with Crippen LogP contribution in [0, 0.1) is 0 Å². The number of carboxylic acids is 1. The zero-order chi connectivity index (χ0) is 38.8. The van der Waals surface area contributed by atoms with Crippen molar-refractivity contribution in [3.63, 3.8) is 0 Å². The summed E-state index contributed by atoms with van der Waals surface area (Å²) in [6.45, 7) is 26.7. The number of aliphatic carboxylic acids is 1. The molecule has 1 fully saturated rings. The van der Waals surface area contributed by atoms with E-state index in [1.54, 1.807) is 0 Å². The molecular weight excluding hydrogens is 728 g/mol. The monoisotopic (exact) mass is 797 g/mol. The number of aliphatic hydroxyl groups is 1. The summed E-state index contributed by atoms with van der Waals surface area (Å²) in [6.07, 6.45) is 13.0. The number of carboxylic acid groups (broad SMARTS) is 1. The van der Waals surface area contributed by atoms with E-state index in [9.17, 15) is 10.2 Å². The Bertz CT molecular complexity index is 1400. The molecule has 1 radical (unpaired) electrons. The third-order valence-corrected chi connectivity index (χ3v) is 17.3. The molecule has 0 spiro atoms. The number of phenolic OH excluding ortho intramolecular Hbond substituents is 2. The summed E-state index contributed by atoms with van der Waals surface area (Å²) in [5.74, 6) is -0.463. The summed E-state index contributed by atoms with van der Waals surface area (Å²) in [4.78, 5) is 19.4. The Balaban J connectivity index is 0.00000210. The number of phenols is 2. The van der Waals surface area contributed by atoms with Gasteiger partial charge in [0.05, 0.1) is 28.2 Å². The molecule has 2 aromatic rings. The summed E-state index contributed by atoms with van der Waals surface area (Å²) < 4.78 is 0. The summed E-state index contributed by atoms with van der Waals surface area (Å²) in [5.41, 5.74) is 3.38. The van der Waals surface area contributed by atoms with E-state index in [1.807, 2.05) is 12.4 Å². The zero-order valence-corrected chi connectivity index (χ0v) is 37.4. The molecule has 1 aliphatic rings. The van der Waals surface area contributed by atoms with Crippen LogP contribution in [-0.2, 0) is 32.4 Å². The largest absolute Gasteiger partial charge is 0.507 e. The fraction of sp³-hybridized carbons (Fsp3) is 0.643. The van der Waals surface area contributed by atoms with Crippen LogP contribution >= 0.6 is 0 Å². The van der Waals surface area contributed by atoms with E-state index >= 15 is 0 Å². The van der Waals surface area contributed by atoms with Gasteiger partial charge in [-0.1, -0.05) is 167 Å². The maximum absolute atomic E-state index is 11.5. The topological polar surface area (TPSA) is 123 Å². The fourth-order valence-corrected chi connectivity index (χ4v) is 12.0. The van der Waals surface area contributed by atoms with Crippen LogP contribution in [0.4, 0.5) is 0 Å². The molecule has 295 valence electrons. The third-order valence-electron chi connectivity index (χ3n) is 10.4. The van der Waals surface area contributed by atoms with Gasteiger partial charge in [0.15, 0.2) is 0 Å². The first-order valence-corrected chi connectivity index (χ1v) is 25.6. The molecule has 0 heterocycles. The SMILES string of the molecule is CCCC[Si](C)(C)c1cc(C=NC2CCCCC2N=Cc2cc([Si](C)(C)CCCC)cc(C(C)(C)C)c2O)c(O)c(C(C)(C)C)c1.O=C(O)CO.[Co]. The first-order valence-electron chi connectivity index (χ1n) is 19.2. The molecule has 1 aliphatic carbocycles. The quantitative estimate of drug-likeness (QED) is 0.119. The van der Waals surface area contributed by atoms with Crippen LogP contribution in [-0.4, -0.2) is 73.7 Å². The molecule has 2 atom stereocenters. The number of rotatable bonds is 13. The van der Waals surface area contributed by atoms with Gasteiger partial charge in [0.2, 0.25) is 0 Å². The predicted molar refractivity (Wildman–Crippen MR) is 223 cm³/mol. The molecule has 7 nitrogen and oxygen atoms in total. The van der Waals surface area contributed by atoms with Crippen LogP contribution in [0.2, 0.25) is 38.3 Å². The second-order valence-electron chi connectivity index (χ2n) is 17.9. The van der Waals surface area contributed by atoms with Gasteiger partial charge < -0.3 is 20.4 Å². The minimum Gasteiger partial charge on any atom is -0.507 e. The van der Waals surface area contributed by atoms with Crippen molar-refractivity contribution >= 4 is 44.9 Å². The maximum atomic E-state index is 11.5. The van der Waals surface area contributed by atoms with Crippen molar-refractivity contribution in [3.05, 3.63) is 46.5 Å². The number of aliphatic hydroxyl groups excluding tert-OH is 1. The van der Waals surface area contributed by atoms with Crippen LogP contribution in [0.15, 0.2) is 34.3 Å². The third kappa shape index (κ3) is 13.9. The fourth-order valence-electron chi connectivity index (χ4n) is 6.75. The van der Waals surface area contributed by atoms with Crippen molar-refractivity contribution in [2.24, 2.45) is 9.98 Å². The normalized spacial score (nSPS) is 17.2. The Kier molecular flexibility index (Phi) is 18.8. The van der Waals surface area contributed by atoms with Crippen LogP contribution < -0.4 is 10.4 Å². The Labute approximate surface area is 328 Å². The zero-order valence-electron chi connectivity index (χ0n) is 34.3. The molecule has 0 aromatic heterocycles. The molecule has 0 aliphatic heterocycles. The van der Waals surface area contributed by atoms with E-state index in [2.05, 4.69) is 106 Å². The number of nitrogens with zero attached hydrogens (tertiary/aromatic N) is 2. The Morgan fingerprint density at radius 2 is 1.06 bits per heavy atom. The second kappa shape index (κ2) is 20.4. The maximum Gasteiger partial charge on any atom is 0.329 e. The molecule has 1 saturated carbocycles. The van der Waals surface area contributed by atoms with Gasteiger partial charge in [-0.15, -0.1) is 0 Å². The summed E-state index contributed by atoms with van der Waals surface area (Å²) in [6, 6.07) is 11.6. The Morgan fingerprint density at radius 3 is 1.33 bits per heavy atom. The minimum atomic E-state index is -1.66. The Hall–Kier alpha value is -2.25. The summed E-state index contributed by atoms with van der Waals surface area (Å²) in [7, 11) is -3.33. The van der Waals surface area contributed by atoms with E-state index in [-0.39, 0.29) is 39.7 Å². The average molecular weight is 798 g/mol. The first kappa shape index (κ1) is 47.8. The predicted octanol–water partition coefficient (Wildman–Crippen LogP) is 9.03. The summed E-state index contributed by atoms with van der Waals surface area (Å²) in [5, 5.41) is 40.8. The van der Waals surface area contributed by atoms with Crippen LogP contribution in [0.25, 0.3) is 0 Å². The van der Waals surface area contributed by atoms with E-state index in [0.29, 0.717) is 11.5 Å². The average Bonchev–Trinajstić information content (AvgIpc) is 3.04.